The van der Waals surface area contributed by atoms with Crippen molar-refractivity contribution in [1.82, 2.24) is 0 Å². The van der Waals surface area contributed by atoms with Crippen molar-refractivity contribution in [1.29, 1.82) is 0 Å². The highest BCUT2D eigenvalue weighted by Gasteiger charge is 1.76. The second-order valence-electron chi connectivity index (χ2n) is 1.54. The van der Waals surface area contributed by atoms with Crippen LogP contribution in [-0.2, 0) is 4.79 Å². The topological polar surface area (TPSA) is 17.1 Å². The summed E-state index contributed by atoms with van der Waals surface area (Å²) in [5, 5.41) is 0. The lowest BCUT2D eigenvalue weighted by Crippen LogP contribution is -1.77. The molecule has 0 amide bonds. The van der Waals surface area contributed by atoms with Crippen molar-refractivity contribution in [2.75, 3.05) is 0 Å². The normalized spacial score (nSPS) is 7.42. The fourth-order valence-electron chi connectivity index (χ4n) is 0.330. The minimum atomic E-state index is 0.0897. The molecule has 0 saturated heterocycles. The third-order valence-corrected chi connectivity index (χ3v) is 0.655. The number of ketones is 1. The van der Waals surface area contributed by atoms with E-state index in [1.807, 2.05) is 27.7 Å². The van der Waals surface area contributed by atoms with E-state index in [0.29, 0.717) is 0 Å². The first-order valence-corrected chi connectivity index (χ1v) is 4.55. The van der Waals surface area contributed by atoms with E-state index >= 15 is 0 Å². The van der Waals surface area contributed by atoms with Gasteiger partial charge < -0.3 is 0 Å². The van der Waals surface area contributed by atoms with Gasteiger partial charge in [-0.15, -0.1) is 6.58 Å². The van der Waals surface area contributed by atoms with Crippen LogP contribution >= 0.6 is 0 Å². The van der Waals surface area contributed by atoms with E-state index in [0.717, 1.165) is 6.42 Å². The van der Waals surface area contributed by atoms with E-state index in [9.17, 15) is 4.79 Å². The fraction of sp³-hybridized carbons (Fsp3) is 0.545. The summed E-state index contributed by atoms with van der Waals surface area (Å²) in [4.78, 5) is 10.2. The van der Waals surface area contributed by atoms with Gasteiger partial charge in [-0.25, -0.2) is 0 Å². The van der Waals surface area contributed by atoms with Crippen LogP contribution in [0.3, 0.4) is 0 Å². The molecule has 0 fully saturated rings. The van der Waals surface area contributed by atoms with Crippen molar-refractivity contribution in [3.63, 3.8) is 0 Å². The zero-order valence-electron chi connectivity index (χ0n) is 9.05. The number of hydrogen-bond acceptors (Lipinski definition) is 1. The number of allylic oxidation sites excluding steroid dienone is 3. The zero-order valence-corrected chi connectivity index (χ0v) is 9.05. The molecule has 0 bridgehead atoms. The van der Waals surface area contributed by atoms with Crippen LogP contribution in [0.2, 0.25) is 0 Å². The number of rotatable bonds is 3. The maximum absolute atomic E-state index is 10.2. The molecule has 0 aliphatic carbocycles. The molecular weight excluding hydrogens is 148 g/mol. The smallest absolute Gasteiger partial charge is 0.152 e. The zero-order chi connectivity index (χ0) is 10.4. The summed E-state index contributed by atoms with van der Waals surface area (Å²) < 4.78 is 0. The van der Waals surface area contributed by atoms with Crippen molar-refractivity contribution < 1.29 is 4.79 Å². The molecular formula is C11H22O. The maximum atomic E-state index is 10.2. The van der Waals surface area contributed by atoms with Gasteiger partial charge in [-0.2, -0.15) is 0 Å². The predicted octanol–water partition coefficient (Wildman–Crippen LogP) is 3.76. The Labute approximate surface area is 77.2 Å². The van der Waals surface area contributed by atoms with Crippen LogP contribution in [0.25, 0.3) is 0 Å². The Morgan fingerprint density at radius 3 is 1.92 bits per heavy atom. The standard InChI is InChI=1S/C7H10O.2C2H6/c1-3-4-5-6-7(2)8;2*1-2/h3,5-6H,1,4H2,2H3;2*1-2H3/b6-5-;;. The van der Waals surface area contributed by atoms with Crippen molar-refractivity contribution in [3.8, 4) is 0 Å². The summed E-state index contributed by atoms with van der Waals surface area (Å²) in [5.41, 5.74) is 0. The minimum Gasteiger partial charge on any atom is -0.295 e. The van der Waals surface area contributed by atoms with Gasteiger partial charge >= 0.3 is 0 Å². The molecule has 0 heterocycles. The molecule has 0 spiro atoms. The molecule has 0 unspecified atom stereocenters. The van der Waals surface area contributed by atoms with Crippen LogP contribution in [0.1, 0.15) is 41.0 Å². The Kier molecular flexibility index (Phi) is 32.4. The van der Waals surface area contributed by atoms with Crippen LogP contribution < -0.4 is 0 Å². The van der Waals surface area contributed by atoms with E-state index < -0.39 is 0 Å². The van der Waals surface area contributed by atoms with Crippen LogP contribution in [0, 0.1) is 0 Å². The number of hydrogen-bond donors (Lipinski definition) is 0. The second kappa shape index (κ2) is 22.5. The first kappa shape index (κ1) is 17.3. The Hall–Kier alpha value is -0.850. The first-order chi connectivity index (χ1) is 5.77. The van der Waals surface area contributed by atoms with E-state index in [2.05, 4.69) is 6.58 Å². The van der Waals surface area contributed by atoms with Crippen molar-refractivity contribution >= 4 is 5.78 Å². The van der Waals surface area contributed by atoms with Crippen molar-refractivity contribution in [2.45, 2.75) is 41.0 Å². The van der Waals surface area contributed by atoms with Gasteiger partial charge in [0.1, 0.15) is 0 Å². The Morgan fingerprint density at radius 2 is 1.67 bits per heavy atom. The molecule has 0 radical (unpaired) electrons. The predicted molar refractivity (Wildman–Crippen MR) is 57.3 cm³/mol. The van der Waals surface area contributed by atoms with Crippen LogP contribution in [0.4, 0.5) is 0 Å². The van der Waals surface area contributed by atoms with Gasteiger partial charge in [-0.1, -0.05) is 39.8 Å². The van der Waals surface area contributed by atoms with E-state index in [-0.39, 0.29) is 5.78 Å². The molecule has 0 N–H and O–H groups in total. The molecule has 0 aromatic rings. The fourth-order valence-corrected chi connectivity index (χ4v) is 0.330. The Bertz CT molecular complexity index is 112. The Balaban J connectivity index is -0.000000175. The first-order valence-electron chi connectivity index (χ1n) is 4.55. The highest BCUT2D eigenvalue weighted by Crippen LogP contribution is 1.82. The lowest BCUT2D eigenvalue weighted by molar-refractivity contribution is -0.112. The molecule has 0 atom stereocenters. The lowest BCUT2D eigenvalue weighted by Gasteiger charge is -1.76. The van der Waals surface area contributed by atoms with E-state index in [1.165, 1.54) is 6.92 Å². The maximum Gasteiger partial charge on any atom is 0.152 e. The Morgan fingerprint density at radius 1 is 1.25 bits per heavy atom. The van der Waals surface area contributed by atoms with Crippen LogP contribution in [0.15, 0.2) is 24.8 Å². The molecule has 72 valence electrons. The van der Waals surface area contributed by atoms with Crippen molar-refractivity contribution in [3.05, 3.63) is 24.8 Å². The van der Waals surface area contributed by atoms with Gasteiger partial charge in [0.05, 0.1) is 0 Å². The van der Waals surface area contributed by atoms with Gasteiger partial charge in [0, 0.05) is 0 Å². The van der Waals surface area contributed by atoms with Gasteiger partial charge in [0.2, 0.25) is 0 Å². The summed E-state index contributed by atoms with van der Waals surface area (Å²) in [6, 6.07) is 0. The lowest BCUT2D eigenvalue weighted by atomic mass is 10.3. The molecule has 0 rings (SSSR count). The summed E-state index contributed by atoms with van der Waals surface area (Å²) >= 11 is 0. The second-order valence-corrected chi connectivity index (χ2v) is 1.54. The summed E-state index contributed by atoms with van der Waals surface area (Å²) in [6.07, 6.45) is 5.86. The molecule has 0 aliphatic rings. The molecule has 1 nitrogen and oxygen atoms in total. The third kappa shape index (κ3) is 35.3. The average Bonchev–Trinajstić information content (AvgIpc) is 2.12. The average molecular weight is 170 g/mol. The number of carbonyl (C=O) groups excluding carboxylic acids is 1. The largest absolute Gasteiger partial charge is 0.295 e. The molecule has 1 heteroatoms. The summed E-state index contributed by atoms with van der Waals surface area (Å²) in [6.45, 7) is 13.0. The minimum absolute atomic E-state index is 0.0897. The molecule has 0 aliphatic heterocycles. The third-order valence-electron chi connectivity index (χ3n) is 0.655. The monoisotopic (exact) mass is 170 g/mol. The van der Waals surface area contributed by atoms with Gasteiger partial charge in [0.25, 0.3) is 0 Å². The van der Waals surface area contributed by atoms with Gasteiger partial charge in [-0.05, 0) is 19.4 Å². The quantitative estimate of drug-likeness (QED) is 0.465. The van der Waals surface area contributed by atoms with Crippen LogP contribution in [0.5, 0.6) is 0 Å². The van der Waals surface area contributed by atoms with Gasteiger partial charge in [-0.3, -0.25) is 4.79 Å². The molecule has 12 heavy (non-hydrogen) atoms. The summed E-state index contributed by atoms with van der Waals surface area (Å²) in [5.74, 6) is 0.0897. The summed E-state index contributed by atoms with van der Waals surface area (Å²) in [7, 11) is 0. The van der Waals surface area contributed by atoms with Gasteiger partial charge in [0.15, 0.2) is 5.78 Å². The highest BCUT2D eigenvalue weighted by molar-refractivity contribution is 5.87. The van der Waals surface area contributed by atoms with Crippen LogP contribution in [-0.4, -0.2) is 5.78 Å². The van der Waals surface area contributed by atoms with E-state index in [4.69, 9.17) is 0 Å². The van der Waals surface area contributed by atoms with E-state index in [1.54, 1.807) is 18.2 Å². The SMILES string of the molecule is C=CC/C=C\C(C)=O.CC.CC. The highest BCUT2D eigenvalue weighted by atomic mass is 16.1. The molecule has 0 saturated carbocycles. The molecule has 0 aromatic carbocycles. The van der Waals surface area contributed by atoms with Crippen molar-refractivity contribution in [2.24, 2.45) is 0 Å². The molecule has 0 aromatic heterocycles. The number of carbonyl (C=O) groups is 1.